The highest BCUT2D eigenvalue weighted by atomic mass is 16.7. The molecule has 0 spiro atoms. The molecule has 0 aromatic rings. The maximum absolute atomic E-state index is 10.4. The van der Waals surface area contributed by atoms with Gasteiger partial charge in [0.25, 0.3) is 0 Å². The number of aliphatic hydroxyl groups excluding tert-OH is 4. The summed E-state index contributed by atoms with van der Waals surface area (Å²) in [5.41, 5.74) is 0. The lowest BCUT2D eigenvalue weighted by Gasteiger charge is -2.36. The molecular weight excluding hydrogens is 332 g/mol. The van der Waals surface area contributed by atoms with Crippen LogP contribution in [-0.4, -0.2) is 74.4 Å². The van der Waals surface area contributed by atoms with Gasteiger partial charge in [0.15, 0.2) is 6.29 Å². The molecule has 1 rings (SSSR count). The zero-order chi connectivity index (χ0) is 19.0. The van der Waals surface area contributed by atoms with E-state index in [1.165, 1.54) is 0 Å². The quantitative estimate of drug-likeness (QED) is 0.332. The zero-order valence-corrected chi connectivity index (χ0v) is 15.0. The van der Waals surface area contributed by atoms with Crippen molar-refractivity contribution in [2.45, 2.75) is 102 Å². The van der Waals surface area contributed by atoms with Crippen molar-refractivity contribution in [3.8, 4) is 0 Å². The van der Waals surface area contributed by atoms with E-state index in [0.717, 1.165) is 0 Å². The number of ether oxygens (including phenoxy) is 2. The molecule has 5 N–H and O–H groups in total. The molecule has 1 saturated heterocycles. The van der Waals surface area contributed by atoms with E-state index in [0.29, 0.717) is 32.1 Å². The lowest BCUT2D eigenvalue weighted by atomic mass is 10.0. The summed E-state index contributed by atoms with van der Waals surface area (Å²) in [6.07, 6.45) is -2.06. The summed E-state index contributed by atoms with van der Waals surface area (Å²) in [4.78, 5) is 10.4. The molecule has 8 nitrogen and oxygen atoms in total. The summed E-state index contributed by atoms with van der Waals surface area (Å²) < 4.78 is 11.1. The lowest BCUT2D eigenvalue weighted by molar-refractivity contribution is -0.275. The fraction of sp³-hybridized carbons (Fsp3) is 0.941. The van der Waals surface area contributed by atoms with Crippen LogP contribution in [0.1, 0.15) is 58.8 Å². The molecule has 0 aromatic heterocycles. The number of unbranched alkanes of at least 4 members (excludes halogenated alkanes) is 1. The first kappa shape index (κ1) is 22.3. The SMILES string of the molecule is CC1O[C@@H](O[C@H](C)CC(O)CCCCC(O)CC(=O)O)[C@@H](O)C[C@H]1O. The van der Waals surface area contributed by atoms with Crippen LogP contribution in [0.2, 0.25) is 0 Å². The standard InChI is InChI=1S/C17H32O8/c1-10(24-17-15(21)9-14(20)11(2)25-17)7-12(18)5-3-4-6-13(19)8-16(22)23/h10-15,17-21H,3-9H2,1-2H3,(H,22,23)/t10-,11?,12?,13?,14-,15+,17-/m1/s1. The van der Waals surface area contributed by atoms with E-state index in [2.05, 4.69) is 0 Å². The Hall–Kier alpha value is -0.770. The highest BCUT2D eigenvalue weighted by Gasteiger charge is 2.35. The van der Waals surface area contributed by atoms with Crippen molar-refractivity contribution in [1.82, 2.24) is 0 Å². The second-order valence-corrected chi connectivity index (χ2v) is 6.95. The van der Waals surface area contributed by atoms with Crippen LogP contribution in [0.25, 0.3) is 0 Å². The van der Waals surface area contributed by atoms with Crippen LogP contribution in [-0.2, 0) is 14.3 Å². The Morgan fingerprint density at radius 1 is 1.16 bits per heavy atom. The van der Waals surface area contributed by atoms with Crippen LogP contribution in [0.4, 0.5) is 0 Å². The fourth-order valence-electron chi connectivity index (χ4n) is 2.91. The largest absolute Gasteiger partial charge is 0.481 e. The Balaban J connectivity index is 2.19. The summed E-state index contributed by atoms with van der Waals surface area (Å²) in [7, 11) is 0. The third-order valence-corrected chi connectivity index (χ3v) is 4.39. The van der Waals surface area contributed by atoms with Gasteiger partial charge in [-0.3, -0.25) is 4.79 Å². The first-order valence-electron chi connectivity index (χ1n) is 8.94. The Kier molecular flexibility index (Phi) is 9.84. The van der Waals surface area contributed by atoms with Gasteiger partial charge in [0.2, 0.25) is 0 Å². The number of carbonyl (C=O) groups is 1. The second-order valence-electron chi connectivity index (χ2n) is 6.95. The van der Waals surface area contributed by atoms with E-state index >= 15 is 0 Å². The van der Waals surface area contributed by atoms with E-state index in [1.54, 1.807) is 13.8 Å². The summed E-state index contributed by atoms with van der Waals surface area (Å²) in [5, 5.41) is 47.6. The van der Waals surface area contributed by atoms with Crippen molar-refractivity contribution in [2.24, 2.45) is 0 Å². The predicted octanol–water partition coefficient (Wildman–Crippen LogP) is 0.395. The molecule has 0 amide bonds. The minimum atomic E-state index is -1.02. The predicted molar refractivity (Wildman–Crippen MR) is 88.9 cm³/mol. The van der Waals surface area contributed by atoms with E-state index in [4.69, 9.17) is 14.6 Å². The van der Waals surface area contributed by atoms with Gasteiger partial charge < -0.3 is 35.0 Å². The van der Waals surface area contributed by atoms with Gasteiger partial charge in [0, 0.05) is 6.42 Å². The molecule has 1 aliphatic heterocycles. The summed E-state index contributed by atoms with van der Waals surface area (Å²) in [6, 6.07) is 0. The molecule has 0 bridgehead atoms. The van der Waals surface area contributed by atoms with Gasteiger partial charge in [0.05, 0.1) is 36.9 Å². The molecule has 7 atom stereocenters. The highest BCUT2D eigenvalue weighted by molar-refractivity contribution is 5.67. The number of aliphatic hydroxyl groups is 4. The van der Waals surface area contributed by atoms with E-state index in [1.807, 2.05) is 0 Å². The Morgan fingerprint density at radius 3 is 2.36 bits per heavy atom. The molecule has 148 valence electrons. The van der Waals surface area contributed by atoms with Crippen molar-refractivity contribution < 1.29 is 39.8 Å². The maximum Gasteiger partial charge on any atom is 0.305 e. The number of aliphatic carboxylic acids is 1. The molecule has 0 radical (unpaired) electrons. The van der Waals surface area contributed by atoms with Crippen LogP contribution in [0.3, 0.4) is 0 Å². The van der Waals surface area contributed by atoms with Crippen LogP contribution in [0, 0.1) is 0 Å². The number of hydrogen-bond acceptors (Lipinski definition) is 7. The van der Waals surface area contributed by atoms with Gasteiger partial charge in [0.1, 0.15) is 6.10 Å². The minimum Gasteiger partial charge on any atom is -0.481 e. The van der Waals surface area contributed by atoms with Crippen LogP contribution < -0.4 is 0 Å². The van der Waals surface area contributed by atoms with Gasteiger partial charge in [-0.2, -0.15) is 0 Å². The van der Waals surface area contributed by atoms with Crippen LogP contribution >= 0.6 is 0 Å². The third kappa shape index (κ3) is 8.94. The Bertz CT molecular complexity index is 391. The lowest BCUT2D eigenvalue weighted by Crippen LogP contribution is -2.48. The topological polar surface area (TPSA) is 137 Å². The van der Waals surface area contributed by atoms with E-state index in [-0.39, 0.29) is 18.9 Å². The van der Waals surface area contributed by atoms with Crippen LogP contribution in [0.5, 0.6) is 0 Å². The van der Waals surface area contributed by atoms with Crippen molar-refractivity contribution in [1.29, 1.82) is 0 Å². The maximum atomic E-state index is 10.4. The summed E-state index contributed by atoms with van der Waals surface area (Å²) >= 11 is 0. The number of rotatable bonds is 11. The smallest absolute Gasteiger partial charge is 0.305 e. The van der Waals surface area contributed by atoms with Gasteiger partial charge in [-0.25, -0.2) is 0 Å². The highest BCUT2D eigenvalue weighted by Crippen LogP contribution is 2.23. The molecule has 0 saturated carbocycles. The minimum absolute atomic E-state index is 0.194. The number of carboxylic acids is 1. The van der Waals surface area contributed by atoms with Gasteiger partial charge in [-0.05, 0) is 33.1 Å². The molecule has 0 aliphatic carbocycles. The number of hydrogen-bond donors (Lipinski definition) is 5. The summed E-state index contributed by atoms with van der Waals surface area (Å²) in [5.74, 6) is -1.02. The van der Waals surface area contributed by atoms with Crippen molar-refractivity contribution in [3.63, 3.8) is 0 Å². The molecule has 3 unspecified atom stereocenters. The van der Waals surface area contributed by atoms with E-state index in [9.17, 15) is 25.2 Å². The molecule has 0 aromatic carbocycles. The molecule has 1 aliphatic rings. The Labute approximate surface area is 148 Å². The fourth-order valence-corrected chi connectivity index (χ4v) is 2.91. The number of carboxylic acid groups (broad SMARTS) is 1. The van der Waals surface area contributed by atoms with E-state index < -0.39 is 42.8 Å². The average molecular weight is 364 g/mol. The third-order valence-electron chi connectivity index (χ3n) is 4.39. The Morgan fingerprint density at radius 2 is 1.76 bits per heavy atom. The monoisotopic (exact) mass is 364 g/mol. The van der Waals surface area contributed by atoms with Gasteiger partial charge in [-0.1, -0.05) is 12.8 Å². The molecule has 25 heavy (non-hydrogen) atoms. The molecular formula is C17H32O8. The van der Waals surface area contributed by atoms with Crippen LogP contribution in [0.15, 0.2) is 0 Å². The average Bonchev–Trinajstić information content (AvgIpc) is 2.48. The second kappa shape index (κ2) is 11.1. The molecule has 1 heterocycles. The van der Waals surface area contributed by atoms with Crippen molar-refractivity contribution in [2.75, 3.05) is 0 Å². The first-order chi connectivity index (χ1) is 11.7. The summed E-state index contributed by atoms with van der Waals surface area (Å²) in [6.45, 7) is 3.50. The van der Waals surface area contributed by atoms with Gasteiger partial charge >= 0.3 is 5.97 Å². The van der Waals surface area contributed by atoms with Crippen molar-refractivity contribution in [3.05, 3.63) is 0 Å². The molecule has 8 heteroatoms. The first-order valence-corrected chi connectivity index (χ1v) is 8.94. The van der Waals surface area contributed by atoms with Crippen molar-refractivity contribution >= 4 is 5.97 Å². The van der Waals surface area contributed by atoms with Gasteiger partial charge in [-0.15, -0.1) is 0 Å². The normalized spacial score (nSPS) is 30.6. The zero-order valence-electron chi connectivity index (χ0n) is 15.0. The molecule has 1 fully saturated rings.